The van der Waals surface area contributed by atoms with Crippen molar-refractivity contribution < 1.29 is 22.7 Å². The van der Waals surface area contributed by atoms with Gasteiger partial charge in [0, 0.05) is 22.7 Å². The summed E-state index contributed by atoms with van der Waals surface area (Å²) in [6.45, 7) is -0.463. The molecule has 3 nitrogen and oxygen atoms in total. The number of ketones is 1. The minimum atomic E-state index is -4.53. The van der Waals surface area contributed by atoms with Crippen molar-refractivity contribution >= 4 is 16.7 Å². The maximum Gasteiger partial charge on any atom is 0.419 e. The molecule has 6 heteroatoms. The predicted molar refractivity (Wildman–Crippen MR) is 79.6 cm³/mol. The van der Waals surface area contributed by atoms with Gasteiger partial charge >= 0.3 is 6.18 Å². The summed E-state index contributed by atoms with van der Waals surface area (Å²) in [5.41, 5.74) is 0.281. The molecule has 0 fully saturated rings. The van der Waals surface area contributed by atoms with Crippen molar-refractivity contribution in [2.45, 2.75) is 6.18 Å². The summed E-state index contributed by atoms with van der Waals surface area (Å²) >= 11 is 0. The molecular weight excluding hydrogens is 307 g/mol. The van der Waals surface area contributed by atoms with Gasteiger partial charge in [0.1, 0.15) is 5.75 Å². The Bertz CT molecular complexity index is 852. The number of H-pyrrole nitrogens is 1. The standard InChI is InChI=1S/C17H12F3NO2/c18-17(19,20)13-6-2-4-8-16(13)23-10-15(22)12-9-21-14-7-3-1-5-11(12)14/h1-9,21H,10H2. The molecule has 0 atom stereocenters. The summed E-state index contributed by atoms with van der Waals surface area (Å²) in [5, 5.41) is 0.713. The first-order chi connectivity index (χ1) is 11.0. The minimum Gasteiger partial charge on any atom is -0.485 e. The van der Waals surface area contributed by atoms with Crippen LogP contribution in [0.5, 0.6) is 5.75 Å². The molecule has 0 spiro atoms. The van der Waals surface area contributed by atoms with Gasteiger partial charge in [-0.25, -0.2) is 0 Å². The van der Waals surface area contributed by atoms with E-state index in [2.05, 4.69) is 4.98 Å². The second-order valence-corrected chi connectivity index (χ2v) is 4.95. The molecule has 0 unspecified atom stereocenters. The molecule has 0 saturated heterocycles. The van der Waals surface area contributed by atoms with Gasteiger partial charge in [0.15, 0.2) is 6.61 Å². The van der Waals surface area contributed by atoms with E-state index in [0.29, 0.717) is 10.9 Å². The van der Waals surface area contributed by atoms with Gasteiger partial charge in [0.05, 0.1) is 5.56 Å². The third kappa shape index (κ3) is 3.06. The first kappa shape index (κ1) is 15.1. The van der Waals surface area contributed by atoms with Crippen LogP contribution in [0.3, 0.4) is 0 Å². The van der Waals surface area contributed by atoms with Crippen molar-refractivity contribution in [3.05, 3.63) is 65.9 Å². The van der Waals surface area contributed by atoms with Crippen LogP contribution in [0.1, 0.15) is 15.9 Å². The van der Waals surface area contributed by atoms with E-state index in [1.54, 1.807) is 12.1 Å². The van der Waals surface area contributed by atoms with Crippen LogP contribution < -0.4 is 4.74 Å². The summed E-state index contributed by atoms with van der Waals surface area (Å²) in [6, 6.07) is 12.0. The number of hydrogen-bond acceptors (Lipinski definition) is 2. The van der Waals surface area contributed by atoms with Crippen molar-refractivity contribution in [2.75, 3.05) is 6.61 Å². The summed E-state index contributed by atoms with van der Waals surface area (Å²) < 4.78 is 43.8. The number of ether oxygens (including phenoxy) is 1. The lowest BCUT2D eigenvalue weighted by atomic mass is 10.1. The van der Waals surface area contributed by atoms with Crippen LogP contribution in [0, 0.1) is 0 Å². The van der Waals surface area contributed by atoms with Crippen molar-refractivity contribution in [1.82, 2.24) is 4.98 Å². The van der Waals surface area contributed by atoms with Crippen LogP contribution in [0.25, 0.3) is 10.9 Å². The van der Waals surface area contributed by atoms with Gasteiger partial charge in [-0.15, -0.1) is 0 Å². The number of fused-ring (bicyclic) bond motifs is 1. The van der Waals surface area contributed by atoms with Gasteiger partial charge in [-0.1, -0.05) is 30.3 Å². The Labute approximate surface area is 129 Å². The normalized spacial score (nSPS) is 11.6. The molecule has 23 heavy (non-hydrogen) atoms. The van der Waals surface area contributed by atoms with E-state index in [4.69, 9.17) is 4.74 Å². The van der Waals surface area contributed by atoms with Gasteiger partial charge in [0.25, 0.3) is 0 Å². The Morgan fingerprint density at radius 3 is 2.52 bits per heavy atom. The molecule has 0 saturated carbocycles. The number of carbonyl (C=O) groups excluding carboxylic acids is 1. The van der Waals surface area contributed by atoms with E-state index in [1.165, 1.54) is 24.4 Å². The molecule has 3 rings (SSSR count). The SMILES string of the molecule is O=C(COc1ccccc1C(F)(F)F)c1c[nH]c2ccccc12. The number of Topliss-reactive ketones (excluding diaryl/α,β-unsaturated/α-hetero) is 1. The lowest BCUT2D eigenvalue weighted by Crippen LogP contribution is -2.14. The second kappa shape index (κ2) is 5.79. The first-order valence-electron chi connectivity index (χ1n) is 6.85. The highest BCUT2D eigenvalue weighted by Gasteiger charge is 2.34. The van der Waals surface area contributed by atoms with Crippen LogP contribution in [0.4, 0.5) is 13.2 Å². The van der Waals surface area contributed by atoms with Gasteiger partial charge in [0.2, 0.25) is 5.78 Å². The number of carbonyl (C=O) groups is 1. The highest BCUT2D eigenvalue weighted by molar-refractivity contribution is 6.08. The Morgan fingerprint density at radius 1 is 1.04 bits per heavy atom. The molecule has 0 aliphatic rings. The van der Waals surface area contributed by atoms with Crippen molar-refractivity contribution in [3.63, 3.8) is 0 Å². The Balaban J connectivity index is 1.80. The quantitative estimate of drug-likeness (QED) is 0.722. The van der Waals surface area contributed by atoms with Crippen LogP contribution >= 0.6 is 0 Å². The maximum absolute atomic E-state index is 12.9. The molecule has 0 amide bonds. The van der Waals surface area contributed by atoms with E-state index in [9.17, 15) is 18.0 Å². The van der Waals surface area contributed by atoms with Crippen LogP contribution in [-0.4, -0.2) is 17.4 Å². The van der Waals surface area contributed by atoms with Gasteiger partial charge in [-0.2, -0.15) is 13.2 Å². The van der Waals surface area contributed by atoms with E-state index in [0.717, 1.165) is 11.6 Å². The molecule has 0 aliphatic carbocycles. The van der Waals surface area contributed by atoms with Crippen molar-refractivity contribution in [3.8, 4) is 5.75 Å². The number of halogens is 3. The maximum atomic E-state index is 12.9. The number of para-hydroxylation sites is 2. The third-order valence-electron chi connectivity index (χ3n) is 3.44. The first-order valence-corrected chi connectivity index (χ1v) is 6.85. The zero-order valence-corrected chi connectivity index (χ0v) is 11.9. The molecule has 1 N–H and O–H groups in total. The summed E-state index contributed by atoms with van der Waals surface area (Å²) in [7, 11) is 0. The largest absolute Gasteiger partial charge is 0.485 e. The van der Waals surface area contributed by atoms with Gasteiger partial charge in [-0.3, -0.25) is 4.79 Å². The predicted octanol–water partition coefficient (Wildman–Crippen LogP) is 4.45. The molecule has 0 aliphatic heterocycles. The smallest absolute Gasteiger partial charge is 0.419 e. The number of benzene rings is 2. The Hall–Kier alpha value is -2.76. The highest BCUT2D eigenvalue weighted by Crippen LogP contribution is 2.35. The summed E-state index contributed by atoms with van der Waals surface area (Å²) in [4.78, 5) is 15.2. The minimum absolute atomic E-state index is 0.354. The monoisotopic (exact) mass is 319 g/mol. The number of aromatic amines is 1. The zero-order valence-electron chi connectivity index (χ0n) is 11.9. The fourth-order valence-electron chi connectivity index (χ4n) is 2.35. The molecule has 118 valence electrons. The molecular formula is C17H12F3NO2. The molecule has 1 aromatic heterocycles. The topological polar surface area (TPSA) is 42.1 Å². The highest BCUT2D eigenvalue weighted by atomic mass is 19.4. The van der Waals surface area contributed by atoms with E-state index in [1.807, 2.05) is 12.1 Å². The summed E-state index contributed by atoms with van der Waals surface area (Å²) in [5.74, 6) is -0.743. The van der Waals surface area contributed by atoms with E-state index in [-0.39, 0.29) is 11.5 Å². The molecule has 2 aromatic carbocycles. The number of hydrogen-bond donors (Lipinski definition) is 1. The number of aromatic nitrogens is 1. The van der Waals surface area contributed by atoms with E-state index < -0.39 is 18.3 Å². The van der Waals surface area contributed by atoms with Gasteiger partial charge in [-0.05, 0) is 18.2 Å². The number of alkyl halides is 3. The average Bonchev–Trinajstić information content (AvgIpc) is 2.96. The van der Waals surface area contributed by atoms with Gasteiger partial charge < -0.3 is 9.72 Å². The lowest BCUT2D eigenvalue weighted by molar-refractivity contribution is -0.138. The van der Waals surface area contributed by atoms with Crippen molar-refractivity contribution in [2.24, 2.45) is 0 Å². The number of nitrogens with one attached hydrogen (secondary N) is 1. The zero-order chi connectivity index (χ0) is 16.4. The Morgan fingerprint density at radius 2 is 1.74 bits per heavy atom. The summed E-state index contributed by atoms with van der Waals surface area (Å²) in [6.07, 6.45) is -2.99. The lowest BCUT2D eigenvalue weighted by Gasteiger charge is -2.13. The number of rotatable bonds is 4. The average molecular weight is 319 g/mol. The molecule has 0 bridgehead atoms. The van der Waals surface area contributed by atoms with Crippen LogP contribution in [0.2, 0.25) is 0 Å². The fourth-order valence-corrected chi connectivity index (χ4v) is 2.35. The van der Waals surface area contributed by atoms with Crippen LogP contribution in [-0.2, 0) is 6.18 Å². The Kier molecular flexibility index (Phi) is 3.82. The fraction of sp³-hybridized carbons (Fsp3) is 0.118. The molecule has 0 radical (unpaired) electrons. The van der Waals surface area contributed by atoms with Crippen molar-refractivity contribution in [1.29, 1.82) is 0 Å². The molecule has 1 heterocycles. The second-order valence-electron chi connectivity index (χ2n) is 4.95. The van der Waals surface area contributed by atoms with Crippen LogP contribution in [0.15, 0.2) is 54.7 Å². The van der Waals surface area contributed by atoms with E-state index >= 15 is 0 Å². The third-order valence-corrected chi connectivity index (χ3v) is 3.44. The molecule has 3 aromatic rings.